The van der Waals surface area contributed by atoms with E-state index in [2.05, 4.69) is 4.98 Å². The lowest BCUT2D eigenvalue weighted by Crippen LogP contribution is -2.37. The van der Waals surface area contributed by atoms with Crippen LogP contribution in [0, 0.1) is 0 Å². The minimum absolute atomic E-state index is 0.0197. The van der Waals surface area contributed by atoms with E-state index in [9.17, 15) is 9.90 Å². The number of hydrogen-bond donors (Lipinski definition) is 1. The van der Waals surface area contributed by atoms with Gasteiger partial charge < -0.3 is 9.67 Å². The highest BCUT2D eigenvalue weighted by atomic mass is 16.3. The van der Waals surface area contributed by atoms with Crippen LogP contribution in [0.15, 0.2) is 23.1 Å². The van der Waals surface area contributed by atoms with Crippen molar-refractivity contribution >= 4 is 11.0 Å². The first-order valence-electron chi connectivity index (χ1n) is 6.66. The molecule has 0 aliphatic heterocycles. The summed E-state index contributed by atoms with van der Waals surface area (Å²) in [7, 11) is 0. The average molecular weight is 260 g/mol. The summed E-state index contributed by atoms with van der Waals surface area (Å²) in [5.41, 5.74) is 1.20. The first-order valence-corrected chi connectivity index (χ1v) is 6.66. The number of hydrogen-bond acceptors (Lipinski definition) is 3. The second-order valence-electron chi connectivity index (χ2n) is 5.36. The Morgan fingerprint density at radius 2 is 2.05 bits per heavy atom. The zero-order chi connectivity index (χ0) is 14.2. The van der Waals surface area contributed by atoms with Crippen molar-refractivity contribution in [3.05, 3.63) is 34.2 Å². The molecule has 4 nitrogen and oxygen atoms in total. The fraction of sp³-hybridized carbons (Fsp3) is 0.467. The summed E-state index contributed by atoms with van der Waals surface area (Å²) in [5, 5.41) is 10.2. The fourth-order valence-electron chi connectivity index (χ4n) is 2.33. The molecule has 0 saturated heterocycles. The van der Waals surface area contributed by atoms with E-state index < -0.39 is 0 Å². The van der Waals surface area contributed by atoms with Gasteiger partial charge in [0.15, 0.2) is 5.75 Å². The van der Waals surface area contributed by atoms with E-state index in [0.717, 1.165) is 6.42 Å². The molecule has 0 saturated carbocycles. The van der Waals surface area contributed by atoms with Crippen molar-refractivity contribution in [2.45, 2.75) is 46.1 Å². The first kappa shape index (κ1) is 13.6. The summed E-state index contributed by atoms with van der Waals surface area (Å²) in [4.78, 5) is 16.8. The highest BCUT2D eigenvalue weighted by Gasteiger charge is 2.25. The number of rotatable bonds is 3. The summed E-state index contributed by atoms with van der Waals surface area (Å²) >= 11 is 0. The molecule has 2 aromatic heterocycles. The van der Waals surface area contributed by atoms with E-state index in [1.807, 2.05) is 33.8 Å². The number of pyridine rings is 2. The Bertz CT molecular complexity index is 672. The topological polar surface area (TPSA) is 55.1 Å². The van der Waals surface area contributed by atoms with Gasteiger partial charge in [-0.1, -0.05) is 13.8 Å². The summed E-state index contributed by atoms with van der Waals surface area (Å²) in [6.07, 6.45) is 2.96. The maximum Gasteiger partial charge on any atom is 0.258 e. The van der Waals surface area contributed by atoms with Crippen molar-refractivity contribution in [2.75, 3.05) is 0 Å². The summed E-state index contributed by atoms with van der Waals surface area (Å²) in [6.45, 7) is 7.97. The average Bonchev–Trinajstić information content (AvgIpc) is 2.39. The largest absolute Gasteiger partial charge is 0.505 e. The molecule has 2 rings (SSSR count). The van der Waals surface area contributed by atoms with Gasteiger partial charge in [0.2, 0.25) is 0 Å². The van der Waals surface area contributed by atoms with Crippen molar-refractivity contribution in [3.8, 4) is 5.75 Å². The van der Waals surface area contributed by atoms with Crippen LogP contribution in [0.2, 0.25) is 0 Å². The van der Waals surface area contributed by atoms with Crippen LogP contribution in [-0.2, 0) is 12.0 Å². The van der Waals surface area contributed by atoms with Gasteiger partial charge in [-0.25, -0.2) is 0 Å². The highest BCUT2D eigenvalue weighted by Crippen LogP contribution is 2.29. The van der Waals surface area contributed by atoms with E-state index in [4.69, 9.17) is 0 Å². The van der Waals surface area contributed by atoms with E-state index in [1.165, 1.54) is 0 Å². The minimum Gasteiger partial charge on any atom is -0.505 e. The smallest absolute Gasteiger partial charge is 0.258 e. The van der Waals surface area contributed by atoms with Crippen LogP contribution < -0.4 is 5.56 Å². The third-order valence-corrected chi connectivity index (χ3v) is 3.82. The van der Waals surface area contributed by atoms with Crippen molar-refractivity contribution in [2.24, 2.45) is 0 Å². The molecule has 0 spiro atoms. The molecule has 102 valence electrons. The minimum atomic E-state index is -0.310. The predicted octanol–water partition coefficient (Wildman–Crippen LogP) is 2.81. The molecule has 1 N–H and O–H groups in total. The van der Waals surface area contributed by atoms with Crippen molar-refractivity contribution in [1.29, 1.82) is 0 Å². The van der Waals surface area contributed by atoms with Crippen LogP contribution in [0.25, 0.3) is 11.0 Å². The molecule has 0 aliphatic rings. The Morgan fingerprint density at radius 1 is 1.37 bits per heavy atom. The second kappa shape index (κ2) is 4.68. The predicted molar refractivity (Wildman–Crippen MR) is 76.7 cm³/mol. The summed E-state index contributed by atoms with van der Waals surface area (Å²) in [5.74, 6) is 0.0197. The first-order chi connectivity index (χ1) is 8.94. The summed E-state index contributed by atoms with van der Waals surface area (Å²) in [6, 6.07) is 3.62. The van der Waals surface area contributed by atoms with Crippen LogP contribution in [0.1, 0.15) is 39.7 Å². The van der Waals surface area contributed by atoms with Crippen molar-refractivity contribution < 1.29 is 5.11 Å². The Kier molecular flexibility index (Phi) is 3.35. The molecular weight excluding hydrogens is 240 g/mol. The Morgan fingerprint density at radius 3 is 2.63 bits per heavy atom. The van der Waals surface area contributed by atoms with Crippen LogP contribution in [0.5, 0.6) is 5.75 Å². The molecule has 0 fully saturated rings. The van der Waals surface area contributed by atoms with Crippen molar-refractivity contribution in [3.63, 3.8) is 0 Å². The fourth-order valence-corrected chi connectivity index (χ4v) is 2.33. The molecule has 0 aromatic carbocycles. The van der Waals surface area contributed by atoms with Gasteiger partial charge in [-0.3, -0.25) is 9.78 Å². The van der Waals surface area contributed by atoms with Crippen molar-refractivity contribution in [1.82, 2.24) is 9.55 Å². The molecule has 0 amide bonds. The molecule has 0 bridgehead atoms. The Hall–Kier alpha value is -1.84. The van der Waals surface area contributed by atoms with Gasteiger partial charge in [-0.15, -0.1) is 0 Å². The maximum atomic E-state index is 12.6. The number of fused-ring (bicyclic) bond motifs is 1. The maximum absolute atomic E-state index is 12.6. The zero-order valence-electron chi connectivity index (χ0n) is 11.9. The molecule has 0 aliphatic carbocycles. The standard InChI is InChI=1S/C15H20N2O2/c1-5-10-13(18)12-11(8-7-9-16-12)17(14(10)19)15(3,4)6-2/h7-9,18H,5-6H2,1-4H3. The van der Waals surface area contributed by atoms with Crippen LogP contribution >= 0.6 is 0 Å². The van der Waals surface area contributed by atoms with Gasteiger partial charge in [0, 0.05) is 11.7 Å². The van der Waals surface area contributed by atoms with Gasteiger partial charge in [-0.05, 0) is 38.8 Å². The number of aromatic hydroxyl groups is 1. The summed E-state index contributed by atoms with van der Waals surface area (Å²) < 4.78 is 1.76. The number of aromatic nitrogens is 2. The van der Waals surface area contributed by atoms with Gasteiger partial charge in [0.25, 0.3) is 5.56 Å². The van der Waals surface area contributed by atoms with Gasteiger partial charge in [-0.2, -0.15) is 0 Å². The third-order valence-electron chi connectivity index (χ3n) is 3.82. The molecule has 19 heavy (non-hydrogen) atoms. The third kappa shape index (κ3) is 2.01. The lowest BCUT2D eigenvalue weighted by molar-refractivity contribution is 0.340. The van der Waals surface area contributed by atoms with Crippen LogP contribution in [-0.4, -0.2) is 14.7 Å². The Balaban J connectivity index is 3.01. The molecule has 2 heterocycles. The number of nitrogens with zero attached hydrogens (tertiary/aromatic N) is 2. The molecule has 0 atom stereocenters. The van der Waals surface area contributed by atoms with E-state index in [-0.39, 0.29) is 16.8 Å². The monoisotopic (exact) mass is 260 g/mol. The lowest BCUT2D eigenvalue weighted by atomic mass is 9.99. The van der Waals surface area contributed by atoms with Gasteiger partial charge >= 0.3 is 0 Å². The highest BCUT2D eigenvalue weighted by molar-refractivity contribution is 5.82. The van der Waals surface area contributed by atoms with E-state index >= 15 is 0 Å². The zero-order valence-corrected chi connectivity index (χ0v) is 11.9. The SMILES string of the molecule is CCc1c(O)c2ncccc2n(C(C)(C)CC)c1=O. The van der Waals surface area contributed by atoms with E-state index in [0.29, 0.717) is 23.0 Å². The molecule has 2 aromatic rings. The second-order valence-corrected chi connectivity index (χ2v) is 5.36. The quantitative estimate of drug-likeness (QED) is 0.923. The molecule has 0 radical (unpaired) electrons. The van der Waals surface area contributed by atoms with E-state index in [1.54, 1.807) is 16.8 Å². The van der Waals surface area contributed by atoms with Gasteiger partial charge in [0.1, 0.15) is 5.52 Å². The molecule has 0 unspecified atom stereocenters. The molecule has 4 heteroatoms. The van der Waals surface area contributed by atoms with Crippen LogP contribution in [0.4, 0.5) is 0 Å². The lowest BCUT2D eigenvalue weighted by Gasteiger charge is -2.28. The molecular formula is C15H20N2O2. The normalized spacial score (nSPS) is 12.0. The Labute approximate surface area is 112 Å². The van der Waals surface area contributed by atoms with Crippen LogP contribution in [0.3, 0.4) is 0 Å². The van der Waals surface area contributed by atoms with Gasteiger partial charge in [0.05, 0.1) is 11.1 Å².